The standard InChI is InChI=1S/C28H32N6O5S2/c1-15-8-19(27(37)34-23(15)20(35)10-28(34)12-41(38,39)13-28)31-24-22-18-5-4-17(9-21(18)40-25(22)30-14-29-24)26(36)33-7-6-32(3)16(2)11-33/h8,14,16-17H,4-7,9-13H2,1-3H3,(H,29,30,31)/t16-,17+/m1/s1. The van der Waals surface area contributed by atoms with Crippen molar-refractivity contribution in [3.8, 4) is 0 Å². The van der Waals surface area contributed by atoms with Crippen molar-refractivity contribution in [3.63, 3.8) is 0 Å². The Labute approximate surface area is 241 Å². The van der Waals surface area contributed by atoms with Gasteiger partial charge in [0.25, 0.3) is 5.56 Å². The molecule has 6 heterocycles. The second kappa shape index (κ2) is 9.17. The van der Waals surface area contributed by atoms with Gasteiger partial charge >= 0.3 is 0 Å². The minimum Gasteiger partial charge on any atom is -0.340 e. The molecule has 11 nitrogen and oxygen atoms in total. The highest BCUT2D eigenvalue weighted by Gasteiger charge is 2.57. The van der Waals surface area contributed by atoms with Crippen LogP contribution in [-0.2, 0) is 33.0 Å². The van der Waals surface area contributed by atoms with E-state index in [9.17, 15) is 22.8 Å². The summed E-state index contributed by atoms with van der Waals surface area (Å²) < 4.78 is 25.6. The van der Waals surface area contributed by atoms with E-state index in [0.717, 1.165) is 53.1 Å². The summed E-state index contributed by atoms with van der Waals surface area (Å²) in [6, 6.07) is 1.99. The first kappa shape index (κ1) is 26.7. The molecule has 13 heteroatoms. The lowest BCUT2D eigenvalue weighted by Gasteiger charge is -2.39. The van der Waals surface area contributed by atoms with Crippen molar-refractivity contribution >= 4 is 54.6 Å². The number of amides is 1. The van der Waals surface area contributed by atoms with Crippen molar-refractivity contribution in [1.29, 1.82) is 0 Å². The van der Waals surface area contributed by atoms with Crippen molar-refractivity contribution in [2.24, 2.45) is 5.92 Å². The van der Waals surface area contributed by atoms with Crippen LogP contribution in [0.25, 0.3) is 10.2 Å². The Morgan fingerprint density at radius 1 is 1.20 bits per heavy atom. The number of hydrogen-bond donors (Lipinski definition) is 1. The number of likely N-dealkylation sites (N-methyl/N-ethyl adjacent to an activating group) is 1. The fraction of sp³-hybridized carbons (Fsp3) is 0.536. The van der Waals surface area contributed by atoms with E-state index >= 15 is 0 Å². The van der Waals surface area contributed by atoms with Gasteiger partial charge in [-0.25, -0.2) is 18.4 Å². The van der Waals surface area contributed by atoms with E-state index in [4.69, 9.17) is 0 Å². The second-order valence-electron chi connectivity index (χ2n) is 12.2. The van der Waals surface area contributed by atoms with Gasteiger partial charge in [-0.05, 0) is 57.4 Å². The largest absolute Gasteiger partial charge is 0.340 e. The van der Waals surface area contributed by atoms with Gasteiger partial charge in [-0.2, -0.15) is 0 Å². The van der Waals surface area contributed by atoms with E-state index in [2.05, 4.69) is 34.2 Å². The third-order valence-electron chi connectivity index (χ3n) is 9.32. The molecule has 1 aliphatic carbocycles. The molecule has 2 fully saturated rings. The minimum absolute atomic E-state index is 0.0223. The van der Waals surface area contributed by atoms with Gasteiger partial charge in [0.1, 0.15) is 22.7 Å². The fourth-order valence-electron chi connectivity index (χ4n) is 7.15. The molecule has 4 aliphatic rings. The molecule has 1 spiro atoms. The lowest BCUT2D eigenvalue weighted by molar-refractivity contribution is -0.138. The second-order valence-corrected chi connectivity index (χ2v) is 15.3. The number of aromatic nitrogens is 3. The normalized spacial score (nSPS) is 24.8. The number of piperazine rings is 1. The Morgan fingerprint density at radius 3 is 2.71 bits per heavy atom. The molecule has 1 N–H and O–H groups in total. The molecule has 216 valence electrons. The molecular weight excluding hydrogens is 564 g/mol. The maximum absolute atomic E-state index is 13.7. The van der Waals surface area contributed by atoms with Gasteiger partial charge in [-0.15, -0.1) is 11.3 Å². The van der Waals surface area contributed by atoms with Crippen molar-refractivity contribution in [2.45, 2.75) is 51.1 Å². The van der Waals surface area contributed by atoms with E-state index in [-0.39, 0.29) is 41.2 Å². The number of Topliss-reactive ketones (excluding diaryl/α,β-unsaturated/α-hetero) is 1. The number of nitrogens with one attached hydrogen (secondary N) is 1. The van der Waals surface area contributed by atoms with Crippen LogP contribution in [0, 0.1) is 12.8 Å². The molecule has 3 aromatic rings. The summed E-state index contributed by atoms with van der Waals surface area (Å²) in [7, 11) is -1.18. The first-order chi connectivity index (χ1) is 19.5. The van der Waals surface area contributed by atoms with Crippen LogP contribution in [0.2, 0.25) is 0 Å². The van der Waals surface area contributed by atoms with Crippen LogP contribution in [0.5, 0.6) is 0 Å². The maximum atomic E-state index is 13.7. The first-order valence-electron chi connectivity index (χ1n) is 14.0. The average Bonchev–Trinajstić information content (AvgIpc) is 3.42. The molecule has 0 saturated carbocycles. The number of hydrogen-bond acceptors (Lipinski definition) is 10. The maximum Gasteiger partial charge on any atom is 0.275 e. The Hall–Kier alpha value is -3.16. The molecule has 3 aliphatic heterocycles. The summed E-state index contributed by atoms with van der Waals surface area (Å²) in [6.45, 7) is 6.30. The molecule has 0 bridgehead atoms. The number of carbonyl (C=O) groups excluding carboxylic acids is 2. The molecule has 7 rings (SSSR count). The quantitative estimate of drug-likeness (QED) is 0.481. The lowest BCUT2D eigenvalue weighted by atomic mass is 9.86. The number of ketones is 1. The van der Waals surface area contributed by atoms with Crippen LogP contribution in [0.1, 0.15) is 46.3 Å². The fourth-order valence-corrected chi connectivity index (χ4v) is 10.4. The van der Waals surface area contributed by atoms with Gasteiger partial charge in [0.05, 0.1) is 28.1 Å². The summed E-state index contributed by atoms with van der Waals surface area (Å²) in [5.74, 6) is 0.0519. The van der Waals surface area contributed by atoms with E-state index < -0.39 is 20.9 Å². The zero-order valence-corrected chi connectivity index (χ0v) is 24.9. The smallest absolute Gasteiger partial charge is 0.275 e. The monoisotopic (exact) mass is 596 g/mol. The van der Waals surface area contributed by atoms with Crippen molar-refractivity contribution < 1.29 is 18.0 Å². The van der Waals surface area contributed by atoms with Gasteiger partial charge in [0.15, 0.2) is 15.6 Å². The Bertz CT molecular complexity index is 1800. The third-order valence-corrected chi connectivity index (χ3v) is 12.4. The number of aryl methyl sites for hydroxylation is 2. The van der Waals surface area contributed by atoms with Crippen LogP contribution in [0.4, 0.5) is 11.5 Å². The molecular formula is C28H32N6O5S2. The number of rotatable bonds is 3. The van der Waals surface area contributed by atoms with Crippen LogP contribution in [0.15, 0.2) is 17.2 Å². The highest BCUT2D eigenvalue weighted by atomic mass is 32.2. The number of fused-ring (bicyclic) bond motifs is 5. The molecule has 2 saturated heterocycles. The summed E-state index contributed by atoms with van der Waals surface area (Å²) in [4.78, 5) is 55.2. The molecule has 0 aromatic carbocycles. The van der Waals surface area contributed by atoms with E-state index in [1.54, 1.807) is 24.3 Å². The number of sulfone groups is 1. The molecule has 0 unspecified atom stereocenters. The number of anilines is 2. The average molecular weight is 597 g/mol. The van der Waals surface area contributed by atoms with Gasteiger partial charge < -0.3 is 15.1 Å². The molecule has 2 atom stereocenters. The molecule has 41 heavy (non-hydrogen) atoms. The summed E-state index contributed by atoms with van der Waals surface area (Å²) in [5, 5.41) is 4.07. The Balaban J connectivity index is 1.20. The zero-order chi connectivity index (χ0) is 28.8. The van der Waals surface area contributed by atoms with Crippen molar-refractivity contribution in [1.82, 2.24) is 24.3 Å². The first-order valence-corrected chi connectivity index (χ1v) is 16.6. The minimum atomic E-state index is -3.28. The zero-order valence-electron chi connectivity index (χ0n) is 23.3. The van der Waals surface area contributed by atoms with Gasteiger partial charge in [-0.3, -0.25) is 19.0 Å². The highest BCUT2D eigenvalue weighted by molar-refractivity contribution is 7.93. The van der Waals surface area contributed by atoms with E-state index in [0.29, 0.717) is 29.5 Å². The van der Waals surface area contributed by atoms with Crippen LogP contribution in [-0.4, -0.2) is 88.7 Å². The van der Waals surface area contributed by atoms with Gasteiger partial charge in [0, 0.05) is 42.9 Å². The van der Waals surface area contributed by atoms with E-state index in [1.165, 1.54) is 10.9 Å². The van der Waals surface area contributed by atoms with Crippen LogP contribution >= 0.6 is 11.3 Å². The van der Waals surface area contributed by atoms with Crippen LogP contribution < -0.4 is 10.9 Å². The SMILES string of the molecule is Cc1cc(Nc2ncnc3sc4c(c23)CC[C@H](C(=O)N2CCN(C)[C@H](C)C2)C4)c(=O)n2c1C(=O)CC21CS(=O)(=O)C1. The summed E-state index contributed by atoms with van der Waals surface area (Å²) in [6.07, 6.45) is 3.60. The topological polar surface area (TPSA) is 135 Å². The highest BCUT2D eigenvalue weighted by Crippen LogP contribution is 2.43. The number of pyridine rings is 1. The predicted molar refractivity (Wildman–Crippen MR) is 156 cm³/mol. The van der Waals surface area contributed by atoms with Gasteiger partial charge in [0.2, 0.25) is 5.91 Å². The van der Waals surface area contributed by atoms with Crippen LogP contribution in [0.3, 0.4) is 0 Å². The Morgan fingerprint density at radius 2 is 1.98 bits per heavy atom. The third kappa shape index (κ3) is 4.15. The summed E-state index contributed by atoms with van der Waals surface area (Å²) >= 11 is 1.57. The molecule has 1 amide bonds. The number of nitrogens with zero attached hydrogens (tertiary/aromatic N) is 5. The lowest BCUT2D eigenvalue weighted by Crippen LogP contribution is -2.57. The van der Waals surface area contributed by atoms with Gasteiger partial charge in [-0.1, -0.05) is 0 Å². The van der Waals surface area contributed by atoms with Crippen molar-refractivity contribution in [3.05, 3.63) is 44.4 Å². The molecule has 3 aromatic heterocycles. The van der Waals surface area contributed by atoms with E-state index in [1.807, 2.05) is 4.90 Å². The number of thiophene rings is 1. The number of carbonyl (C=O) groups is 2. The summed E-state index contributed by atoms with van der Waals surface area (Å²) in [5.41, 5.74) is 0.846. The predicted octanol–water partition coefficient (Wildman–Crippen LogP) is 1.88. The molecule has 0 radical (unpaired) electrons. The Kier molecular flexibility index (Phi) is 5.98. The van der Waals surface area contributed by atoms with Crippen molar-refractivity contribution in [2.75, 3.05) is 43.5 Å².